The van der Waals surface area contributed by atoms with Crippen molar-refractivity contribution in [2.45, 2.75) is 38.6 Å². The summed E-state index contributed by atoms with van der Waals surface area (Å²) in [5.74, 6) is 1.87. The Morgan fingerprint density at radius 3 is 2.73 bits per heavy atom. The molecule has 2 atom stereocenters. The highest BCUT2D eigenvalue weighted by Gasteiger charge is 2.17. The topological polar surface area (TPSA) is 12.0 Å². The van der Waals surface area contributed by atoms with Crippen LogP contribution in [0, 0.1) is 5.92 Å². The van der Waals surface area contributed by atoms with E-state index in [0.29, 0.717) is 0 Å². The SMILES string of the molecule is CCCC1CCC(CS)CN1. The van der Waals surface area contributed by atoms with Crippen LogP contribution in [0.25, 0.3) is 0 Å². The van der Waals surface area contributed by atoms with Crippen LogP contribution in [0.15, 0.2) is 0 Å². The van der Waals surface area contributed by atoms with E-state index in [2.05, 4.69) is 24.9 Å². The predicted octanol–water partition coefficient (Wildman–Crippen LogP) is 2.08. The molecular weight excluding hydrogens is 154 g/mol. The van der Waals surface area contributed by atoms with Crippen molar-refractivity contribution in [2.24, 2.45) is 5.92 Å². The number of nitrogens with one attached hydrogen (secondary N) is 1. The molecule has 11 heavy (non-hydrogen) atoms. The number of hydrogen-bond donors (Lipinski definition) is 2. The van der Waals surface area contributed by atoms with E-state index in [-0.39, 0.29) is 0 Å². The lowest BCUT2D eigenvalue weighted by Gasteiger charge is -2.28. The lowest BCUT2D eigenvalue weighted by Crippen LogP contribution is -2.39. The van der Waals surface area contributed by atoms with Crippen molar-refractivity contribution in [3.63, 3.8) is 0 Å². The maximum Gasteiger partial charge on any atom is 0.00671 e. The lowest BCUT2D eigenvalue weighted by atomic mass is 9.94. The third kappa shape index (κ3) is 3.04. The molecule has 0 amide bonds. The largest absolute Gasteiger partial charge is 0.314 e. The molecule has 2 heteroatoms. The number of rotatable bonds is 3. The average Bonchev–Trinajstić information content (AvgIpc) is 2.07. The molecule has 2 unspecified atom stereocenters. The van der Waals surface area contributed by atoms with Gasteiger partial charge in [-0.1, -0.05) is 13.3 Å². The van der Waals surface area contributed by atoms with Crippen LogP contribution in [0.4, 0.5) is 0 Å². The van der Waals surface area contributed by atoms with Gasteiger partial charge in [0, 0.05) is 6.04 Å². The Morgan fingerprint density at radius 1 is 1.45 bits per heavy atom. The molecule has 1 nitrogen and oxygen atoms in total. The summed E-state index contributed by atoms with van der Waals surface area (Å²) < 4.78 is 0. The first-order valence-electron chi connectivity index (χ1n) is 4.71. The first kappa shape index (κ1) is 9.40. The van der Waals surface area contributed by atoms with Crippen LogP contribution in [0.5, 0.6) is 0 Å². The van der Waals surface area contributed by atoms with Gasteiger partial charge >= 0.3 is 0 Å². The highest BCUT2D eigenvalue weighted by Crippen LogP contribution is 2.17. The Labute approximate surface area is 75.4 Å². The first-order valence-corrected chi connectivity index (χ1v) is 5.34. The quantitative estimate of drug-likeness (QED) is 0.623. The fourth-order valence-corrected chi connectivity index (χ4v) is 2.04. The summed E-state index contributed by atoms with van der Waals surface area (Å²) in [6, 6.07) is 0.802. The van der Waals surface area contributed by atoms with Gasteiger partial charge in [0.15, 0.2) is 0 Å². The van der Waals surface area contributed by atoms with Crippen molar-refractivity contribution in [3.05, 3.63) is 0 Å². The van der Waals surface area contributed by atoms with Crippen molar-refractivity contribution < 1.29 is 0 Å². The molecule has 0 aromatic carbocycles. The molecule has 1 fully saturated rings. The molecule has 1 saturated heterocycles. The van der Waals surface area contributed by atoms with Crippen LogP contribution in [0.1, 0.15) is 32.6 Å². The molecule has 0 aliphatic carbocycles. The molecule has 0 aromatic heterocycles. The molecule has 0 aromatic rings. The Balaban J connectivity index is 2.14. The maximum atomic E-state index is 4.31. The zero-order valence-electron chi connectivity index (χ0n) is 7.34. The smallest absolute Gasteiger partial charge is 0.00671 e. The van der Waals surface area contributed by atoms with Crippen LogP contribution in [-0.2, 0) is 0 Å². The third-order valence-corrected chi connectivity index (χ3v) is 3.03. The van der Waals surface area contributed by atoms with E-state index in [1.54, 1.807) is 0 Å². The normalized spacial score (nSPS) is 32.2. The second-order valence-electron chi connectivity index (χ2n) is 3.52. The summed E-state index contributed by atoms with van der Waals surface area (Å²) in [5, 5.41) is 3.57. The van der Waals surface area contributed by atoms with Gasteiger partial charge in [-0.3, -0.25) is 0 Å². The Kier molecular flexibility index (Phi) is 4.31. The molecule has 1 rings (SSSR count). The highest BCUT2D eigenvalue weighted by molar-refractivity contribution is 7.80. The van der Waals surface area contributed by atoms with Gasteiger partial charge in [0.1, 0.15) is 0 Å². The minimum absolute atomic E-state index is 0.802. The van der Waals surface area contributed by atoms with E-state index in [1.807, 2.05) is 0 Å². The van der Waals surface area contributed by atoms with Crippen molar-refractivity contribution in [3.8, 4) is 0 Å². The van der Waals surface area contributed by atoms with E-state index in [1.165, 1.54) is 32.2 Å². The molecule has 1 N–H and O–H groups in total. The molecule has 1 aliphatic rings. The van der Waals surface area contributed by atoms with Gasteiger partial charge in [-0.15, -0.1) is 0 Å². The lowest BCUT2D eigenvalue weighted by molar-refractivity contribution is 0.318. The molecule has 0 bridgehead atoms. The van der Waals surface area contributed by atoms with Gasteiger partial charge in [0.05, 0.1) is 0 Å². The summed E-state index contributed by atoms with van der Waals surface area (Å²) >= 11 is 4.31. The minimum atomic E-state index is 0.802. The second kappa shape index (κ2) is 5.04. The summed E-state index contributed by atoms with van der Waals surface area (Å²) in [4.78, 5) is 0. The van der Waals surface area contributed by atoms with Crippen molar-refractivity contribution in [2.75, 3.05) is 12.3 Å². The monoisotopic (exact) mass is 173 g/mol. The number of hydrogen-bond acceptors (Lipinski definition) is 2. The Bertz CT molecular complexity index is 97.7. The zero-order valence-corrected chi connectivity index (χ0v) is 8.24. The van der Waals surface area contributed by atoms with Gasteiger partial charge in [-0.05, 0) is 37.5 Å². The predicted molar refractivity (Wildman–Crippen MR) is 53.3 cm³/mol. The Hall–Kier alpha value is 0.310. The summed E-state index contributed by atoms with van der Waals surface area (Å²) in [7, 11) is 0. The van der Waals surface area contributed by atoms with Gasteiger partial charge < -0.3 is 5.32 Å². The van der Waals surface area contributed by atoms with Crippen LogP contribution in [-0.4, -0.2) is 18.3 Å². The molecule has 1 aliphatic heterocycles. The second-order valence-corrected chi connectivity index (χ2v) is 3.88. The molecule has 0 saturated carbocycles. The Morgan fingerprint density at radius 2 is 2.27 bits per heavy atom. The third-order valence-electron chi connectivity index (χ3n) is 2.51. The first-order chi connectivity index (χ1) is 5.36. The molecule has 0 spiro atoms. The van der Waals surface area contributed by atoms with E-state index < -0.39 is 0 Å². The van der Waals surface area contributed by atoms with Gasteiger partial charge in [0.25, 0.3) is 0 Å². The van der Waals surface area contributed by atoms with Gasteiger partial charge in [0.2, 0.25) is 0 Å². The molecular formula is C9H19NS. The fourth-order valence-electron chi connectivity index (χ4n) is 1.73. The van der Waals surface area contributed by atoms with E-state index in [4.69, 9.17) is 0 Å². The van der Waals surface area contributed by atoms with Crippen molar-refractivity contribution >= 4 is 12.6 Å². The average molecular weight is 173 g/mol. The van der Waals surface area contributed by atoms with Crippen LogP contribution < -0.4 is 5.32 Å². The standard InChI is InChI=1S/C9H19NS/c1-2-3-9-5-4-8(7-11)6-10-9/h8-11H,2-7H2,1H3. The van der Waals surface area contributed by atoms with Crippen molar-refractivity contribution in [1.29, 1.82) is 0 Å². The molecule has 0 radical (unpaired) electrons. The van der Waals surface area contributed by atoms with E-state index in [9.17, 15) is 0 Å². The van der Waals surface area contributed by atoms with E-state index in [0.717, 1.165) is 17.7 Å². The van der Waals surface area contributed by atoms with Gasteiger partial charge in [-0.25, -0.2) is 0 Å². The van der Waals surface area contributed by atoms with Crippen LogP contribution in [0.3, 0.4) is 0 Å². The maximum absolute atomic E-state index is 4.31. The van der Waals surface area contributed by atoms with Crippen LogP contribution in [0.2, 0.25) is 0 Å². The molecule has 66 valence electrons. The summed E-state index contributed by atoms with van der Waals surface area (Å²) in [5.41, 5.74) is 0. The van der Waals surface area contributed by atoms with E-state index >= 15 is 0 Å². The zero-order chi connectivity index (χ0) is 8.10. The number of thiol groups is 1. The van der Waals surface area contributed by atoms with Crippen LogP contribution >= 0.6 is 12.6 Å². The summed E-state index contributed by atoms with van der Waals surface area (Å²) in [6.07, 6.45) is 5.39. The minimum Gasteiger partial charge on any atom is -0.314 e. The van der Waals surface area contributed by atoms with Gasteiger partial charge in [-0.2, -0.15) is 12.6 Å². The molecule has 1 heterocycles. The van der Waals surface area contributed by atoms with Crippen molar-refractivity contribution in [1.82, 2.24) is 5.32 Å². The summed E-state index contributed by atoms with van der Waals surface area (Å²) in [6.45, 7) is 3.44. The number of piperidine rings is 1. The highest BCUT2D eigenvalue weighted by atomic mass is 32.1. The fraction of sp³-hybridized carbons (Fsp3) is 1.00.